The Morgan fingerprint density at radius 3 is 2.83 bits per heavy atom. The van der Waals surface area contributed by atoms with Crippen LogP contribution in [0.1, 0.15) is 18.9 Å². The van der Waals surface area contributed by atoms with Gasteiger partial charge in [-0.15, -0.1) is 0 Å². The van der Waals surface area contributed by atoms with Crippen LogP contribution in [0, 0.1) is 11.7 Å². The lowest BCUT2D eigenvalue weighted by atomic mass is 10.2. The molecule has 0 heterocycles. The Morgan fingerprint density at radius 1 is 1.56 bits per heavy atom. The van der Waals surface area contributed by atoms with Gasteiger partial charge < -0.3 is 10.6 Å². The van der Waals surface area contributed by atoms with Gasteiger partial charge in [-0.05, 0) is 46.0 Å². The van der Waals surface area contributed by atoms with Crippen LogP contribution < -0.4 is 10.6 Å². The molecule has 1 aliphatic carbocycles. The van der Waals surface area contributed by atoms with Crippen molar-refractivity contribution in [2.24, 2.45) is 10.9 Å². The predicted molar refractivity (Wildman–Crippen MR) is 75.0 cm³/mol. The molecule has 2 atom stereocenters. The third kappa shape index (κ3) is 3.45. The molecule has 0 aromatic heterocycles. The Hall–Kier alpha value is -1.10. The summed E-state index contributed by atoms with van der Waals surface area (Å²) in [6, 6.07) is 5.64. The van der Waals surface area contributed by atoms with E-state index in [-0.39, 0.29) is 5.82 Å². The Balaban J connectivity index is 1.87. The van der Waals surface area contributed by atoms with E-state index < -0.39 is 0 Å². The van der Waals surface area contributed by atoms with E-state index >= 15 is 0 Å². The first kappa shape index (κ1) is 13.3. The average molecular weight is 314 g/mol. The molecule has 2 N–H and O–H groups in total. The van der Waals surface area contributed by atoms with E-state index in [0.717, 1.165) is 11.5 Å². The maximum absolute atomic E-state index is 13.3. The fraction of sp³-hybridized carbons (Fsp3) is 0.462. The number of nitrogens with zero attached hydrogens (tertiary/aromatic N) is 1. The van der Waals surface area contributed by atoms with Gasteiger partial charge in [-0.3, -0.25) is 4.99 Å². The number of hydrogen-bond acceptors (Lipinski definition) is 1. The van der Waals surface area contributed by atoms with Crippen molar-refractivity contribution in [3.8, 4) is 0 Å². The van der Waals surface area contributed by atoms with Crippen molar-refractivity contribution in [1.82, 2.24) is 10.6 Å². The largest absolute Gasteiger partial charge is 0.353 e. The zero-order valence-electron chi connectivity index (χ0n) is 10.5. The lowest BCUT2D eigenvalue weighted by Crippen LogP contribution is -2.38. The van der Waals surface area contributed by atoms with Gasteiger partial charge in [-0.25, -0.2) is 4.39 Å². The molecule has 5 heteroatoms. The molecule has 3 nitrogen and oxygen atoms in total. The van der Waals surface area contributed by atoms with Crippen molar-refractivity contribution in [3.05, 3.63) is 34.1 Å². The Morgan fingerprint density at radius 2 is 2.28 bits per heavy atom. The minimum Gasteiger partial charge on any atom is -0.353 e. The smallest absolute Gasteiger partial charge is 0.191 e. The minimum absolute atomic E-state index is 0.243. The Labute approximate surface area is 115 Å². The van der Waals surface area contributed by atoms with E-state index in [1.165, 1.54) is 12.5 Å². The number of guanidine groups is 1. The first-order valence-electron chi connectivity index (χ1n) is 6.01. The topological polar surface area (TPSA) is 36.4 Å². The molecule has 1 fully saturated rings. The van der Waals surface area contributed by atoms with Crippen LogP contribution in [-0.2, 0) is 6.54 Å². The highest BCUT2D eigenvalue weighted by Gasteiger charge is 2.33. The molecule has 1 saturated carbocycles. The molecule has 1 aromatic carbocycles. The number of benzene rings is 1. The molecule has 0 spiro atoms. The summed E-state index contributed by atoms with van der Waals surface area (Å²) in [5.41, 5.74) is 0.891. The van der Waals surface area contributed by atoms with Crippen LogP contribution in [0.2, 0.25) is 0 Å². The molecule has 0 radical (unpaired) electrons. The van der Waals surface area contributed by atoms with Crippen molar-refractivity contribution < 1.29 is 4.39 Å². The second-order valence-electron chi connectivity index (χ2n) is 4.64. The second kappa shape index (κ2) is 5.69. The van der Waals surface area contributed by atoms with E-state index in [2.05, 4.69) is 38.5 Å². The van der Waals surface area contributed by atoms with Gasteiger partial charge in [-0.1, -0.05) is 13.0 Å². The molecular formula is C13H17BrFN3. The molecule has 1 aliphatic rings. The van der Waals surface area contributed by atoms with Crippen molar-refractivity contribution in [1.29, 1.82) is 0 Å². The Kier molecular flexibility index (Phi) is 4.22. The van der Waals surface area contributed by atoms with Crippen molar-refractivity contribution in [3.63, 3.8) is 0 Å². The summed E-state index contributed by atoms with van der Waals surface area (Å²) < 4.78 is 13.8. The van der Waals surface area contributed by atoms with Gasteiger partial charge in [0.1, 0.15) is 5.82 Å². The summed E-state index contributed by atoms with van der Waals surface area (Å²) in [6.45, 7) is 2.76. The molecule has 18 heavy (non-hydrogen) atoms. The summed E-state index contributed by atoms with van der Waals surface area (Å²) >= 11 is 3.14. The van der Waals surface area contributed by atoms with E-state index in [9.17, 15) is 4.39 Å². The lowest BCUT2D eigenvalue weighted by Gasteiger charge is -2.11. The van der Waals surface area contributed by atoms with Crippen LogP contribution in [0.15, 0.2) is 27.7 Å². The monoisotopic (exact) mass is 313 g/mol. The van der Waals surface area contributed by atoms with Gasteiger partial charge in [0.2, 0.25) is 0 Å². The first-order valence-corrected chi connectivity index (χ1v) is 6.80. The number of halogens is 2. The van der Waals surface area contributed by atoms with E-state index in [4.69, 9.17) is 0 Å². The first-order chi connectivity index (χ1) is 8.60. The maximum atomic E-state index is 13.3. The molecule has 98 valence electrons. The molecule has 2 unspecified atom stereocenters. The molecule has 0 aliphatic heterocycles. The van der Waals surface area contributed by atoms with E-state index in [0.29, 0.717) is 23.0 Å². The standard InChI is InChI=1S/C13H17BrFN3/c1-8-5-12(8)18-13(16-2)17-7-9-3-4-10(14)11(15)6-9/h3-4,6,8,12H,5,7H2,1-2H3,(H2,16,17,18). The highest BCUT2D eigenvalue weighted by molar-refractivity contribution is 9.10. The van der Waals surface area contributed by atoms with Crippen LogP contribution >= 0.6 is 15.9 Å². The summed E-state index contributed by atoms with van der Waals surface area (Å²) in [4.78, 5) is 4.15. The average Bonchev–Trinajstić information content (AvgIpc) is 3.04. The fourth-order valence-corrected chi connectivity index (χ4v) is 1.98. The van der Waals surface area contributed by atoms with Crippen LogP contribution in [0.25, 0.3) is 0 Å². The van der Waals surface area contributed by atoms with Gasteiger partial charge >= 0.3 is 0 Å². The summed E-state index contributed by atoms with van der Waals surface area (Å²) in [5.74, 6) is 1.24. The molecule has 1 aromatic rings. The highest BCUT2D eigenvalue weighted by atomic mass is 79.9. The van der Waals surface area contributed by atoms with E-state index in [1.54, 1.807) is 13.1 Å². The van der Waals surface area contributed by atoms with Gasteiger partial charge in [0.05, 0.1) is 4.47 Å². The summed E-state index contributed by atoms with van der Waals surface area (Å²) in [6.07, 6.45) is 1.19. The summed E-state index contributed by atoms with van der Waals surface area (Å²) in [5, 5.41) is 6.50. The van der Waals surface area contributed by atoms with Gasteiger partial charge in [0.15, 0.2) is 5.96 Å². The lowest BCUT2D eigenvalue weighted by molar-refractivity contribution is 0.617. The van der Waals surface area contributed by atoms with Gasteiger partial charge in [-0.2, -0.15) is 0 Å². The zero-order chi connectivity index (χ0) is 13.1. The second-order valence-corrected chi connectivity index (χ2v) is 5.49. The molecule has 0 saturated heterocycles. The molecule has 0 amide bonds. The fourth-order valence-electron chi connectivity index (χ4n) is 1.73. The van der Waals surface area contributed by atoms with Crippen LogP contribution in [-0.4, -0.2) is 19.0 Å². The Bertz CT molecular complexity index is 462. The number of aliphatic imine (C=N–C) groups is 1. The van der Waals surface area contributed by atoms with Gasteiger partial charge in [0.25, 0.3) is 0 Å². The predicted octanol–water partition coefficient (Wildman–Crippen LogP) is 2.66. The molecule has 0 bridgehead atoms. The summed E-state index contributed by atoms with van der Waals surface area (Å²) in [7, 11) is 1.74. The van der Waals surface area contributed by atoms with Crippen LogP contribution in [0.4, 0.5) is 4.39 Å². The minimum atomic E-state index is -0.243. The van der Waals surface area contributed by atoms with E-state index in [1.807, 2.05) is 6.07 Å². The maximum Gasteiger partial charge on any atom is 0.191 e. The number of nitrogens with one attached hydrogen (secondary N) is 2. The zero-order valence-corrected chi connectivity index (χ0v) is 12.1. The molecule has 2 rings (SSSR count). The van der Waals surface area contributed by atoms with Crippen LogP contribution in [0.5, 0.6) is 0 Å². The SMILES string of the molecule is CN=C(NCc1ccc(Br)c(F)c1)NC1CC1C. The third-order valence-corrected chi connectivity index (χ3v) is 3.74. The molecular weight excluding hydrogens is 297 g/mol. The normalized spacial score (nSPS) is 22.8. The van der Waals surface area contributed by atoms with Crippen LogP contribution in [0.3, 0.4) is 0 Å². The highest BCUT2D eigenvalue weighted by Crippen LogP contribution is 2.28. The number of rotatable bonds is 3. The number of hydrogen-bond donors (Lipinski definition) is 2. The van der Waals surface area contributed by atoms with Crippen molar-refractivity contribution >= 4 is 21.9 Å². The van der Waals surface area contributed by atoms with Gasteiger partial charge in [0, 0.05) is 19.6 Å². The quantitative estimate of drug-likeness (QED) is 0.665. The van der Waals surface area contributed by atoms with Crippen molar-refractivity contribution in [2.75, 3.05) is 7.05 Å². The third-order valence-electron chi connectivity index (χ3n) is 3.10. The van der Waals surface area contributed by atoms with Crippen molar-refractivity contribution in [2.45, 2.75) is 25.9 Å².